The number of aryl methyl sites for hydroxylation is 1. The predicted octanol–water partition coefficient (Wildman–Crippen LogP) is 2.99. The Balaban J connectivity index is 2.04. The average Bonchev–Trinajstić information content (AvgIpc) is 2.46. The monoisotopic (exact) mass is 249 g/mol. The normalized spacial score (nSPS) is 12.5. The highest BCUT2D eigenvalue weighted by Crippen LogP contribution is 2.22. The van der Waals surface area contributed by atoms with Crippen LogP contribution in [0.25, 0.3) is 11.0 Å². The summed E-state index contributed by atoms with van der Waals surface area (Å²) in [7, 11) is 0. The van der Waals surface area contributed by atoms with Gasteiger partial charge in [-0.05, 0) is 30.2 Å². The second-order valence-electron chi connectivity index (χ2n) is 4.70. The van der Waals surface area contributed by atoms with Gasteiger partial charge in [0, 0.05) is 12.4 Å². The third-order valence-electron chi connectivity index (χ3n) is 3.25. The molecule has 2 N–H and O–H groups in total. The molecule has 3 rings (SSSR count). The number of benzene rings is 2. The minimum Gasteiger partial charge on any atom is -0.320 e. The third kappa shape index (κ3) is 2.33. The maximum atomic E-state index is 6.33. The summed E-state index contributed by atoms with van der Waals surface area (Å²) in [6.07, 6.45) is 3.40. The first-order valence-electron chi connectivity index (χ1n) is 6.27. The molecule has 1 aromatic heterocycles. The molecule has 0 saturated heterocycles. The second kappa shape index (κ2) is 4.78. The fourth-order valence-electron chi connectivity index (χ4n) is 2.23. The van der Waals surface area contributed by atoms with Gasteiger partial charge in [-0.15, -0.1) is 0 Å². The molecule has 0 aliphatic rings. The fraction of sp³-hybridized carbons (Fsp3) is 0.125. The Morgan fingerprint density at radius 3 is 2.42 bits per heavy atom. The second-order valence-corrected chi connectivity index (χ2v) is 4.70. The van der Waals surface area contributed by atoms with Gasteiger partial charge in [-0.1, -0.05) is 35.9 Å². The van der Waals surface area contributed by atoms with Crippen molar-refractivity contribution in [3.63, 3.8) is 0 Å². The topological polar surface area (TPSA) is 51.8 Å². The first-order chi connectivity index (χ1) is 9.24. The van der Waals surface area contributed by atoms with E-state index in [9.17, 15) is 0 Å². The van der Waals surface area contributed by atoms with Gasteiger partial charge in [-0.2, -0.15) is 0 Å². The van der Waals surface area contributed by atoms with E-state index in [1.807, 2.05) is 24.3 Å². The molecule has 3 heteroatoms. The largest absolute Gasteiger partial charge is 0.320 e. The lowest BCUT2D eigenvalue weighted by atomic mass is 9.98. The van der Waals surface area contributed by atoms with E-state index < -0.39 is 0 Å². The van der Waals surface area contributed by atoms with Crippen LogP contribution in [0.4, 0.5) is 0 Å². The van der Waals surface area contributed by atoms with Crippen LogP contribution in [0.2, 0.25) is 0 Å². The molecule has 0 spiro atoms. The van der Waals surface area contributed by atoms with Crippen molar-refractivity contribution in [2.45, 2.75) is 13.0 Å². The number of aromatic nitrogens is 2. The van der Waals surface area contributed by atoms with E-state index in [4.69, 9.17) is 5.73 Å². The number of nitrogens with two attached hydrogens (primary N) is 1. The number of nitrogens with zero attached hydrogens (tertiary/aromatic N) is 2. The highest BCUT2D eigenvalue weighted by atomic mass is 14.8. The standard InChI is InChI=1S/C16H15N3/c1-11-3-2-4-12(9-11)16(17)13-5-6-14-15(10-13)19-8-7-18-14/h2-10,16H,17H2,1H3. The number of hydrogen-bond donors (Lipinski definition) is 1. The van der Waals surface area contributed by atoms with Gasteiger partial charge in [-0.25, -0.2) is 0 Å². The first kappa shape index (κ1) is 11.8. The van der Waals surface area contributed by atoms with E-state index in [0.717, 1.165) is 22.2 Å². The molecule has 0 amide bonds. The van der Waals surface area contributed by atoms with Crippen LogP contribution in [0.5, 0.6) is 0 Å². The SMILES string of the molecule is Cc1cccc(C(N)c2ccc3nccnc3c2)c1. The Labute approximate surface area is 112 Å². The maximum absolute atomic E-state index is 6.33. The minimum absolute atomic E-state index is 0.133. The van der Waals surface area contributed by atoms with Crippen molar-refractivity contribution >= 4 is 11.0 Å². The van der Waals surface area contributed by atoms with Gasteiger partial charge in [0.2, 0.25) is 0 Å². The van der Waals surface area contributed by atoms with Crippen molar-refractivity contribution < 1.29 is 0 Å². The Bertz CT molecular complexity index is 722. The van der Waals surface area contributed by atoms with Crippen LogP contribution in [0.1, 0.15) is 22.7 Å². The summed E-state index contributed by atoms with van der Waals surface area (Å²) in [5.41, 5.74) is 11.5. The van der Waals surface area contributed by atoms with E-state index in [1.54, 1.807) is 12.4 Å². The molecule has 3 aromatic rings. The molecule has 0 aliphatic carbocycles. The molecule has 0 aliphatic heterocycles. The molecular weight excluding hydrogens is 234 g/mol. The van der Waals surface area contributed by atoms with Gasteiger partial charge in [0.05, 0.1) is 17.1 Å². The molecule has 1 atom stereocenters. The fourth-order valence-corrected chi connectivity index (χ4v) is 2.23. The van der Waals surface area contributed by atoms with E-state index in [0.29, 0.717) is 0 Å². The van der Waals surface area contributed by atoms with Crippen LogP contribution in [0, 0.1) is 6.92 Å². The Kier molecular flexibility index (Phi) is 2.97. The lowest BCUT2D eigenvalue weighted by Gasteiger charge is -2.13. The summed E-state index contributed by atoms with van der Waals surface area (Å²) in [4.78, 5) is 8.58. The molecule has 2 aromatic carbocycles. The summed E-state index contributed by atoms with van der Waals surface area (Å²) in [6.45, 7) is 2.07. The Hall–Kier alpha value is -2.26. The van der Waals surface area contributed by atoms with E-state index in [-0.39, 0.29) is 6.04 Å². The summed E-state index contributed by atoms with van der Waals surface area (Å²) < 4.78 is 0. The molecular formula is C16H15N3. The molecule has 1 unspecified atom stereocenters. The quantitative estimate of drug-likeness (QED) is 0.759. The van der Waals surface area contributed by atoms with Crippen molar-refractivity contribution in [2.24, 2.45) is 5.73 Å². The minimum atomic E-state index is -0.133. The van der Waals surface area contributed by atoms with Crippen LogP contribution in [0.3, 0.4) is 0 Å². The Morgan fingerprint density at radius 2 is 1.63 bits per heavy atom. The van der Waals surface area contributed by atoms with Crippen LogP contribution in [-0.2, 0) is 0 Å². The summed E-state index contributed by atoms with van der Waals surface area (Å²) in [5.74, 6) is 0. The highest BCUT2D eigenvalue weighted by molar-refractivity contribution is 5.74. The molecule has 1 heterocycles. The van der Waals surface area contributed by atoms with Crippen molar-refractivity contribution in [3.8, 4) is 0 Å². The summed E-state index contributed by atoms with van der Waals surface area (Å²) >= 11 is 0. The van der Waals surface area contributed by atoms with Crippen molar-refractivity contribution in [2.75, 3.05) is 0 Å². The molecule has 0 fully saturated rings. The molecule has 19 heavy (non-hydrogen) atoms. The molecule has 0 bridgehead atoms. The van der Waals surface area contributed by atoms with Crippen molar-refractivity contribution in [3.05, 3.63) is 71.5 Å². The van der Waals surface area contributed by atoms with Crippen molar-refractivity contribution in [1.82, 2.24) is 9.97 Å². The number of rotatable bonds is 2. The smallest absolute Gasteiger partial charge is 0.0890 e. The van der Waals surface area contributed by atoms with Crippen LogP contribution in [-0.4, -0.2) is 9.97 Å². The van der Waals surface area contributed by atoms with Gasteiger partial charge < -0.3 is 5.73 Å². The van der Waals surface area contributed by atoms with Gasteiger partial charge in [0.15, 0.2) is 0 Å². The molecule has 0 radical (unpaired) electrons. The van der Waals surface area contributed by atoms with E-state index in [1.165, 1.54) is 5.56 Å². The number of hydrogen-bond acceptors (Lipinski definition) is 3. The first-order valence-corrected chi connectivity index (χ1v) is 6.27. The molecule has 94 valence electrons. The van der Waals surface area contributed by atoms with Crippen molar-refractivity contribution in [1.29, 1.82) is 0 Å². The van der Waals surface area contributed by atoms with Crippen LogP contribution >= 0.6 is 0 Å². The maximum Gasteiger partial charge on any atom is 0.0890 e. The van der Waals surface area contributed by atoms with Crippen LogP contribution in [0.15, 0.2) is 54.9 Å². The lowest BCUT2D eigenvalue weighted by molar-refractivity contribution is 0.871. The van der Waals surface area contributed by atoms with Gasteiger partial charge in [0.25, 0.3) is 0 Å². The zero-order valence-corrected chi connectivity index (χ0v) is 10.7. The lowest BCUT2D eigenvalue weighted by Crippen LogP contribution is -2.12. The Morgan fingerprint density at radius 1 is 0.895 bits per heavy atom. The van der Waals surface area contributed by atoms with Gasteiger partial charge in [-0.3, -0.25) is 9.97 Å². The van der Waals surface area contributed by atoms with Crippen LogP contribution < -0.4 is 5.73 Å². The third-order valence-corrected chi connectivity index (χ3v) is 3.25. The summed E-state index contributed by atoms with van der Waals surface area (Å²) in [6, 6.07) is 14.1. The predicted molar refractivity (Wildman–Crippen MR) is 76.7 cm³/mol. The highest BCUT2D eigenvalue weighted by Gasteiger charge is 2.10. The average molecular weight is 249 g/mol. The molecule has 3 nitrogen and oxygen atoms in total. The van der Waals surface area contributed by atoms with E-state index in [2.05, 4.69) is 35.1 Å². The van der Waals surface area contributed by atoms with Gasteiger partial charge in [0.1, 0.15) is 0 Å². The zero-order chi connectivity index (χ0) is 13.2. The number of fused-ring (bicyclic) bond motifs is 1. The van der Waals surface area contributed by atoms with E-state index >= 15 is 0 Å². The molecule has 0 saturated carbocycles. The summed E-state index contributed by atoms with van der Waals surface area (Å²) in [5, 5.41) is 0. The van der Waals surface area contributed by atoms with Gasteiger partial charge >= 0.3 is 0 Å². The zero-order valence-electron chi connectivity index (χ0n) is 10.7.